The molecule has 1 aromatic rings. The van der Waals surface area contributed by atoms with Crippen molar-refractivity contribution < 1.29 is 5.11 Å². The van der Waals surface area contributed by atoms with Gasteiger partial charge in [0.25, 0.3) is 0 Å². The van der Waals surface area contributed by atoms with E-state index in [1.54, 1.807) is 19.2 Å². The molecule has 1 heterocycles. The molecule has 4 nitrogen and oxygen atoms in total. The summed E-state index contributed by atoms with van der Waals surface area (Å²) in [6, 6.07) is 1.50. The number of aromatic nitrogens is 1. The lowest BCUT2D eigenvalue weighted by Crippen LogP contribution is -2.24. The molecule has 0 aliphatic rings. The maximum atomic E-state index is 9.61. The topological polar surface area (TPSA) is 85.2 Å². The number of aliphatic hydroxyl groups excluding tert-OH is 1. The van der Waals surface area contributed by atoms with Crippen LogP contribution < -0.4 is 11.5 Å². The highest BCUT2D eigenvalue weighted by molar-refractivity contribution is 5.40. The predicted octanol–water partition coefficient (Wildman–Crippen LogP) is 0.353. The van der Waals surface area contributed by atoms with Crippen LogP contribution in [0.5, 0.6) is 0 Å². The van der Waals surface area contributed by atoms with Crippen molar-refractivity contribution in [1.82, 2.24) is 4.98 Å². The third-order valence-electron chi connectivity index (χ3n) is 1.98. The van der Waals surface area contributed by atoms with Crippen LogP contribution in [-0.4, -0.2) is 16.1 Å². The molecule has 0 unspecified atom stereocenters. The first kappa shape index (κ1) is 9.95. The minimum absolute atomic E-state index is 0.301. The quantitative estimate of drug-likeness (QED) is 0.614. The van der Waals surface area contributed by atoms with E-state index in [-0.39, 0.29) is 6.04 Å². The SMILES string of the molecule is Cc1cc([C@H](O)[C@@H](C)N)cnc1N. The molecule has 0 bridgehead atoms. The maximum Gasteiger partial charge on any atom is 0.126 e. The summed E-state index contributed by atoms with van der Waals surface area (Å²) in [4.78, 5) is 3.94. The fraction of sp³-hybridized carbons (Fsp3) is 0.444. The van der Waals surface area contributed by atoms with Crippen molar-refractivity contribution in [3.8, 4) is 0 Å². The number of rotatable bonds is 2. The molecule has 0 amide bonds. The number of anilines is 1. The summed E-state index contributed by atoms with van der Waals surface area (Å²) < 4.78 is 0. The highest BCUT2D eigenvalue weighted by Gasteiger charge is 2.13. The van der Waals surface area contributed by atoms with Gasteiger partial charge in [0.05, 0.1) is 6.10 Å². The highest BCUT2D eigenvalue weighted by atomic mass is 16.3. The van der Waals surface area contributed by atoms with Gasteiger partial charge in [-0.3, -0.25) is 0 Å². The van der Waals surface area contributed by atoms with Crippen molar-refractivity contribution >= 4 is 5.82 Å². The predicted molar refractivity (Wildman–Crippen MR) is 52.0 cm³/mol. The molecule has 1 aromatic heterocycles. The number of aryl methyl sites for hydroxylation is 1. The Kier molecular flexibility index (Phi) is 2.85. The van der Waals surface area contributed by atoms with Crippen LogP contribution in [0.25, 0.3) is 0 Å². The van der Waals surface area contributed by atoms with E-state index >= 15 is 0 Å². The first-order valence-electron chi connectivity index (χ1n) is 4.18. The monoisotopic (exact) mass is 181 g/mol. The molecule has 0 aliphatic carbocycles. The summed E-state index contributed by atoms with van der Waals surface area (Å²) in [5.74, 6) is 0.487. The second-order valence-corrected chi connectivity index (χ2v) is 3.27. The number of pyridine rings is 1. The minimum Gasteiger partial charge on any atom is -0.387 e. The summed E-state index contributed by atoms with van der Waals surface area (Å²) >= 11 is 0. The smallest absolute Gasteiger partial charge is 0.126 e. The lowest BCUT2D eigenvalue weighted by molar-refractivity contribution is 0.153. The number of hydrogen-bond donors (Lipinski definition) is 3. The van der Waals surface area contributed by atoms with Crippen molar-refractivity contribution in [2.45, 2.75) is 26.0 Å². The van der Waals surface area contributed by atoms with Gasteiger partial charge < -0.3 is 16.6 Å². The summed E-state index contributed by atoms with van der Waals surface area (Å²) in [5, 5.41) is 9.61. The molecule has 1 rings (SSSR count). The summed E-state index contributed by atoms with van der Waals surface area (Å²) in [6.07, 6.45) is 0.878. The molecule has 2 atom stereocenters. The van der Waals surface area contributed by atoms with E-state index in [1.165, 1.54) is 0 Å². The van der Waals surface area contributed by atoms with Crippen LogP contribution in [0.2, 0.25) is 0 Å². The lowest BCUT2D eigenvalue weighted by atomic mass is 10.0. The minimum atomic E-state index is -0.674. The summed E-state index contributed by atoms with van der Waals surface area (Å²) in [6.45, 7) is 3.59. The van der Waals surface area contributed by atoms with Gasteiger partial charge in [0.1, 0.15) is 5.82 Å². The van der Waals surface area contributed by atoms with Crippen LogP contribution >= 0.6 is 0 Å². The summed E-state index contributed by atoms with van der Waals surface area (Å²) in [7, 11) is 0. The molecule has 5 N–H and O–H groups in total. The van der Waals surface area contributed by atoms with Gasteiger partial charge in [-0.15, -0.1) is 0 Å². The van der Waals surface area contributed by atoms with Crippen LogP contribution in [0, 0.1) is 6.92 Å². The zero-order valence-corrected chi connectivity index (χ0v) is 7.86. The third-order valence-corrected chi connectivity index (χ3v) is 1.98. The molecule has 0 saturated carbocycles. The number of hydrogen-bond acceptors (Lipinski definition) is 4. The van der Waals surface area contributed by atoms with Gasteiger partial charge in [0.15, 0.2) is 0 Å². The Morgan fingerprint density at radius 2 is 2.15 bits per heavy atom. The normalized spacial score (nSPS) is 15.4. The zero-order chi connectivity index (χ0) is 10.0. The Hall–Kier alpha value is -1.13. The Labute approximate surface area is 77.6 Å². The molecule has 0 aromatic carbocycles. The molecular formula is C9H15N3O. The van der Waals surface area contributed by atoms with Crippen LogP contribution in [0.3, 0.4) is 0 Å². The Morgan fingerprint density at radius 1 is 1.54 bits per heavy atom. The molecule has 0 saturated heterocycles. The second kappa shape index (κ2) is 3.72. The van der Waals surface area contributed by atoms with E-state index in [4.69, 9.17) is 11.5 Å². The average Bonchev–Trinajstić information content (AvgIpc) is 2.08. The average molecular weight is 181 g/mol. The number of nitrogens with two attached hydrogens (primary N) is 2. The Bertz CT molecular complexity index is 299. The fourth-order valence-corrected chi connectivity index (χ4v) is 1.07. The van der Waals surface area contributed by atoms with Crippen LogP contribution in [0.1, 0.15) is 24.2 Å². The van der Waals surface area contributed by atoms with Crippen molar-refractivity contribution in [1.29, 1.82) is 0 Å². The molecule has 0 fully saturated rings. The molecule has 4 heteroatoms. The van der Waals surface area contributed by atoms with Crippen LogP contribution in [-0.2, 0) is 0 Å². The molecular weight excluding hydrogens is 166 g/mol. The fourth-order valence-electron chi connectivity index (χ4n) is 1.07. The second-order valence-electron chi connectivity index (χ2n) is 3.27. The molecule has 0 spiro atoms. The number of nitrogen functional groups attached to an aromatic ring is 1. The summed E-state index contributed by atoms with van der Waals surface area (Å²) in [5.41, 5.74) is 12.7. The zero-order valence-electron chi connectivity index (χ0n) is 7.86. The van der Waals surface area contributed by atoms with Crippen molar-refractivity contribution in [3.05, 3.63) is 23.4 Å². The maximum absolute atomic E-state index is 9.61. The molecule has 0 aliphatic heterocycles. The standard InChI is InChI=1S/C9H15N3O/c1-5-3-7(4-12-9(5)11)8(13)6(2)10/h3-4,6,8,13H,10H2,1-2H3,(H2,11,12)/t6-,8-/m1/s1. The van der Waals surface area contributed by atoms with E-state index in [9.17, 15) is 5.11 Å². The van der Waals surface area contributed by atoms with Crippen molar-refractivity contribution in [2.75, 3.05) is 5.73 Å². The van der Waals surface area contributed by atoms with E-state index in [0.29, 0.717) is 11.4 Å². The third kappa shape index (κ3) is 2.17. The molecule has 13 heavy (non-hydrogen) atoms. The number of aliphatic hydroxyl groups is 1. The first-order chi connectivity index (χ1) is 6.02. The Balaban J connectivity index is 2.97. The van der Waals surface area contributed by atoms with Gasteiger partial charge in [-0.25, -0.2) is 4.98 Å². The highest BCUT2D eigenvalue weighted by Crippen LogP contribution is 2.17. The van der Waals surface area contributed by atoms with Crippen molar-refractivity contribution in [3.63, 3.8) is 0 Å². The van der Waals surface area contributed by atoms with E-state index in [2.05, 4.69) is 4.98 Å². The van der Waals surface area contributed by atoms with E-state index in [1.807, 2.05) is 6.92 Å². The first-order valence-corrected chi connectivity index (χ1v) is 4.18. The van der Waals surface area contributed by atoms with Crippen molar-refractivity contribution in [2.24, 2.45) is 5.73 Å². The van der Waals surface area contributed by atoms with E-state index < -0.39 is 6.10 Å². The van der Waals surface area contributed by atoms with Gasteiger partial charge in [-0.1, -0.05) is 0 Å². The van der Waals surface area contributed by atoms with Gasteiger partial charge in [0.2, 0.25) is 0 Å². The Morgan fingerprint density at radius 3 is 2.62 bits per heavy atom. The van der Waals surface area contributed by atoms with Gasteiger partial charge in [-0.2, -0.15) is 0 Å². The van der Waals surface area contributed by atoms with Crippen LogP contribution in [0.15, 0.2) is 12.3 Å². The van der Waals surface area contributed by atoms with Gasteiger partial charge in [0, 0.05) is 17.8 Å². The molecule has 0 radical (unpaired) electrons. The lowest BCUT2D eigenvalue weighted by Gasteiger charge is -2.15. The van der Waals surface area contributed by atoms with Crippen LogP contribution in [0.4, 0.5) is 5.82 Å². The number of nitrogens with zero attached hydrogens (tertiary/aromatic N) is 1. The van der Waals surface area contributed by atoms with Gasteiger partial charge in [-0.05, 0) is 25.5 Å². The van der Waals surface area contributed by atoms with E-state index in [0.717, 1.165) is 5.56 Å². The van der Waals surface area contributed by atoms with Gasteiger partial charge >= 0.3 is 0 Å². The largest absolute Gasteiger partial charge is 0.387 e. The molecule has 72 valence electrons.